The zero-order chi connectivity index (χ0) is 14.5. The van der Waals surface area contributed by atoms with Crippen molar-refractivity contribution in [2.75, 3.05) is 5.32 Å². The molecule has 20 heavy (non-hydrogen) atoms. The predicted octanol–water partition coefficient (Wildman–Crippen LogP) is 1.40. The SMILES string of the molecule is Cc1cc(CNC(=O)Nc2cncc(C(=O)O)c2)no1. The largest absolute Gasteiger partial charge is 0.478 e. The molecule has 0 bridgehead atoms. The highest BCUT2D eigenvalue weighted by molar-refractivity contribution is 5.92. The molecular formula is C12H12N4O4. The fourth-order valence-electron chi connectivity index (χ4n) is 1.47. The van der Waals surface area contributed by atoms with Gasteiger partial charge in [-0.15, -0.1) is 0 Å². The van der Waals surface area contributed by atoms with Crippen molar-refractivity contribution in [3.05, 3.63) is 41.5 Å². The molecule has 0 saturated carbocycles. The van der Waals surface area contributed by atoms with E-state index in [2.05, 4.69) is 20.8 Å². The monoisotopic (exact) mass is 276 g/mol. The number of aromatic carboxylic acids is 1. The first kappa shape index (κ1) is 13.5. The Kier molecular flexibility index (Phi) is 3.94. The lowest BCUT2D eigenvalue weighted by molar-refractivity contribution is 0.0696. The number of pyridine rings is 1. The van der Waals surface area contributed by atoms with Gasteiger partial charge in [0.2, 0.25) is 0 Å². The van der Waals surface area contributed by atoms with Crippen LogP contribution in [0.2, 0.25) is 0 Å². The molecule has 0 aromatic carbocycles. The van der Waals surface area contributed by atoms with Crippen molar-refractivity contribution in [1.29, 1.82) is 0 Å². The van der Waals surface area contributed by atoms with Gasteiger partial charge in [-0.2, -0.15) is 0 Å². The van der Waals surface area contributed by atoms with Crippen molar-refractivity contribution in [3.8, 4) is 0 Å². The molecule has 0 spiro atoms. The molecule has 8 nitrogen and oxygen atoms in total. The Morgan fingerprint density at radius 3 is 2.80 bits per heavy atom. The number of nitrogens with zero attached hydrogens (tertiary/aromatic N) is 2. The second-order valence-electron chi connectivity index (χ2n) is 4.00. The normalized spacial score (nSPS) is 10.1. The number of nitrogens with one attached hydrogen (secondary N) is 2. The van der Waals surface area contributed by atoms with Crippen LogP contribution in [0.5, 0.6) is 0 Å². The first-order valence-corrected chi connectivity index (χ1v) is 5.70. The van der Waals surface area contributed by atoms with Crippen LogP contribution in [0, 0.1) is 6.92 Å². The first-order chi connectivity index (χ1) is 9.54. The molecule has 0 aliphatic carbocycles. The zero-order valence-corrected chi connectivity index (χ0v) is 10.6. The van der Waals surface area contributed by atoms with Crippen molar-refractivity contribution in [2.24, 2.45) is 0 Å². The number of aryl methyl sites for hydroxylation is 1. The van der Waals surface area contributed by atoms with Gasteiger partial charge in [0.25, 0.3) is 0 Å². The van der Waals surface area contributed by atoms with Crippen LogP contribution in [0.1, 0.15) is 21.8 Å². The van der Waals surface area contributed by atoms with Gasteiger partial charge < -0.3 is 20.3 Å². The Labute approximate surface area is 113 Å². The van der Waals surface area contributed by atoms with E-state index in [1.165, 1.54) is 18.5 Å². The number of carbonyl (C=O) groups is 2. The Balaban J connectivity index is 1.91. The number of hydrogen-bond acceptors (Lipinski definition) is 5. The molecule has 2 aromatic rings. The second-order valence-corrected chi connectivity index (χ2v) is 4.00. The zero-order valence-electron chi connectivity index (χ0n) is 10.6. The summed E-state index contributed by atoms with van der Waals surface area (Å²) in [7, 11) is 0. The average molecular weight is 276 g/mol. The van der Waals surface area contributed by atoms with Crippen LogP contribution in [0.25, 0.3) is 0 Å². The molecular weight excluding hydrogens is 264 g/mol. The Morgan fingerprint density at radius 2 is 2.15 bits per heavy atom. The molecule has 2 aromatic heterocycles. The summed E-state index contributed by atoms with van der Waals surface area (Å²) in [5.74, 6) is -0.458. The number of urea groups is 1. The molecule has 0 atom stereocenters. The number of amides is 2. The van der Waals surface area contributed by atoms with Gasteiger partial charge >= 0.3 is 12.0 Å². The van der Waals surface area contributed by atoms with E-state index in [0.29, 0.717) is 17.1 Å². The van der Waals surface area contributed by atoms with Crippen molar-refractivity contribution in [2.45, 2.75) is 13.5 Å². The van der Waals surface area contributed by atoms with Gasteiger partial charge in [0.1, 0.15) is 11.5 Å². The van der Waals surface area contributed by atoms with E-state index in [0.717, 1.165) is 0 Å². The average Bonchev–Trinajstić information content (AvgIpc) is 2.82. The Hall–Kier alpha value is -2.90. The predicted molar refractivity (Wildman–Crippen MR) is 68.3 cm³/mol. The van der Waals surface area contributed by atoms with E-state index in [4.69, 9.17) is 9.63 Å². The van der Waals surface area contributed by atoms with Crippen molar-refractivity contribution >= 4 is 17.7 Å². The fourth-order valence-corrected chi connectivity index (χ4v) is 1.47. The van der Waals surface area contributed by atoms with Gasteiger partial charge in [-0.05, 0) is 13.0 Å². The lowest BCUT2D eigenvalue weighted by atomic mass is 10.2. The third-order valence-corrected chi connectivity index (χ3v) is 2.35. The molecule has 0 aliphatic heterocycles. The molecule has 0 saturated heterocycles. The van der Waals surface area contributed by atoms with Crippen LogP contribution in [0.15, 0.2) is 29.0 Å². The first-order valence-electron chi connectivity index (χ1n) is 5.70. The van der Waals surface area contributed by atoms with Crippen LogP contribution in [-0.4, -0.2) is 27.2 Å². The molecule has 0 unspecified atom stereocenters. The summed E-state index contributed by atoms with van der Waals surface area (Å²) in [4.78, 5) is 26.1. The van der Waals surface area contributed by atoms with Crippen LogP contribution >= 0.6 is 0 Å². The van der Waals surface area contributed by atoms with Gasteiger partial charge in [0, 0.05) is 12.3 Å². The second kappa shape index (κ2) is 5.83. The highest BCUT2D eigenvalue weighted by atomic mass is 16.5. The number of carboxylic acids is 1. The third-order valence-electron chi connectivity index (χ3n) is 2.35. The number of carboxylic acid groups (broad SMARTS) is 1. The molecule has 0 fully saturated rings. The summed E-state index contributed by atoms with van der Waals surface area (Å²) in [6.45, 7) is 1.95. The highest BCUT2D eigenvalue weighted by Gasteiger charge is 2.07. The van der Waals surface area contributed by atoms with E-state index in [1.807, 2.05) is 0 Å². The van der Waals surface area contributed by atoms with E-state index in [9.17, 15) is 9.59 Å². The highest BCUT2D eigenvalue weighted by Crippen LogP contribution is 2.08. The van der Waals surface area contributed by atoms with E-state index in [-0.39, 0.29) is 12.1 Å². The summed E-state index contributed by atoms with van der Waals surface area (Å²) in [5, 5.41) is 17.6. The molecule has 2 heterocycles. The van der Waals surface area contributed by atoms with Gasteiger partial charge in [0.15, 0.2) is 0 Å². The summed E-state index contributed by atoms with van der Waals surface area (Å²) in [6.07, 6.45) is 2.55. The van der Waals surface area contributed by atoms with Gasteiger partial charge in [-0.25, -0.2) is 9.59 Å². The standard InChI is InChI=1S/C12H12N4O4/c1-7-2-10(16-20-7)6-14-12(19)15-9-3-8(11(17)18)4-13-5-9/h2-5H,6H2,1H3,(H,17,18)(H2,14,15,19). The van der Waals surface area contributed by atoms with Gasteiger partial charge in [-0.3, -0.25) is 4.98 Å². The van der Waals surface area contributed by atoms with Crippen molar-refractivity contribution < 1.29 is 19.2 Å². The number of rotatable bonds is 4. The molecule has 0 radical (unpaired) electrons. The molecule has 3 N–H and O–H groups in total. The summed E-state index contributed by atoms with van der Waals surface area (Å²) in [5.41, 5.74) is 0.878. The van der Waals surface area contributed by atoms with E-state index >= 15 is 0 Å². The number of aromatic nitrogens is 2. The maximum Gasteiger partial charge on any atom is 0.337 e. The molecule has 0 aliphatic rings. The molecule has 8 heteroatoms. The fraction of sp³-hybridized carbons (Fsp3) is 0.167. The topological polar surface area (TPSA) is 117 Å². The number of carbonyl (C=O) groups excluding carboxylic acids is 1. The number of anilines is 1. The molecule has 2 rings (SSSR count). The van der Waals surface area contributed by atoms with Crippen molar-refractivity contribution in [1.82, 2.24) is 15.5 Å². The van der Waals surface area contributed by atoms with Crippen LogP contribution < -0.4 is 10.6 Å². The minimum Gasteiger partial charge on any atom is -0.478 e. The maximum absolute atomic E-state index is 11.6. The molecule has 104 valence electrons. The van der Waals surface area contributed by atoms with E-state index in [1.54, 1.807) is 13.0 Å². The lowest BCUT2D eigenvalue weighted by Crippen LogP contribution is -2.28. The summed E-state index contributed by atoms with van der Waals surface area (Å²) >= 11 is 0. The van der Waals surface area contributed by atoms with Crippen LogP contribution in [0.3, 0.4) is 0 Å². The van der Waals surface area contributed by atoms with Gasteiger partial charge in [-0.1, -0.05) is 5.16 Å². The number of hydrogen-bond donors (Lipinski definition) is 3. The van der Waals surface area contributed by atoms with Crippen LogP contribution in [0.4, 0.5) is 10.5 Å². The quantitative estimate of drug-likeness (QED) is 0.776. The Bertz CT molecular complexity index is 638. The minimum absolute atomic E-state index is 0.00470. The van der Waals surface area contributed by atoms with Crippen LogP contribution in [-0.2, 0) is 6.54 Å². The smallest absolute Gasteiger partial charge is 0.337 e. The molecule has 2 amide bonds. The van der Waals surface area contributed by atoms with E-state index < -0.39 is 12.0 Å². The summed E-state index contributed by atoms with van der Waals surface area (Å²) < 4.78 is 4.86. The minimum atomic E-state index is -1.11. The lowest BCUT2D eigenvalue weighted by Gasteiger charge is -2.06. The van der Waals surface area contributed by atoms with Crippen molar-refractivity contribution in [3.63, 3.8) is 0 Å². The Morgan fingerprint density at radius 1 is 1.35 bits per heavy atom. The maximum atomic E-state index is 11.6. The third kappa shape index (κ3) is 3.55. The van der Waals surface area contributed by atoms with Gasteiger partial charge in [0.05, 0.1) is 24.0 Å². The summed E-state index contributed by atoms with van der Waals surface area (Å²) in [6, 6.07) is 2.53.